The van der Waals surface area contributed by atoms with Crippen molar-refractivity contribution in [3.05, 3.63) is 54.4 Å². The van der Waals surface area contributed by atoms with Gasteiger partial charge in [-0.2, -0.15) is 0 Å². The molecule has 1 unspecified atom stereocenters. The molecule has 1 aromatic heterocycles. The summed E-state index contributed by atoms with van der Waals surface area (Å²) in [5.74, 6) is 0. The Kier molecular flexibility index (Phi) is 4.11. The van der Waals surface area contributed by atoms with Gasteiger partial charge in [0.15, 0.2) is 0 Å². The fourth-order valence-corrected chi connectivity index (χ4v) is 2.17. The largest absolute Gasteiger partial charge is 0.305 e. The number of rotatable bonds is 5. The third kappa shape index (κ3) is 2.59. The molecule has 0 aliphatic rings. The lowest BCUT2D eigenvalue weighted by Crippen LogP contribution is -2.23. The van der Waals surface area contributed by atoms with Crippen LogP contribution in [0.5, 0.6) is 0 Å². The van der Waals surface area contributed by atoms with Gasteiger partial charge >= 0.3 is 0 Å². The van der Waals surface area contributed by atoms with Crippen LogP contribution >= 0.6 is 0 Å². The van der Waals surface area contributed by atoms with Crippen LogP contribution in [0.25, 0.3) is 10.8 Å². The smallest absolute Gasteiger partial charge is 0.0711 e. The molecule has 0 saturated carbocycles. The maximum absolute atomic E-state index is 4.56. The molecule has 1 atom stereocenters. The molecule has 0 bridgehead atoms. The molecule has 0 spiro atoms. The van der Waals surface area contributed by atoms with Gasteiger partial charge in [-0.25, -0.2) is 0 Å². The molecule has 94 valence electrons. The Bertz CT molecular complexity index is 540. The van der Waals surface area contributed by atoms with Gasteiger partial charge in [-0.05, 0) is 31.3 Å². The van der Waals surface area contributed by atoms with Gasteiger partial charge in [0.05, 0.1) is 11.7 Å². The molecule has 0 radical (unpaired) electrons. The zero-order chi connectivity index (χ0) is 13.0. The van der Waals surface area contributed by atoms with E-state index in [1.165, 1.54) is 10.8 Å². The van der Waals surface area contributed by atoms with Crippen LogP contribution in [-0.4, -0.2) is 11.5 Å². The van der Waals surface area contributed by atoms with E-state index in [1.807, 2.05) is 12.3 Å². The molecule has 2 aromatic rings. The number of nitrogens with one attached hydrogen (secondary N) is 1. The third-order valence-corrected chi connectivity index (χ3v) is 3.07. The first-order chi connectivity index (χ1) is 8.74. The average Bonchev–Trinajstić information content (AvgIpc) is 2.39. The van der Waals surface area contributed by atoms with Gasteiger partial charge in [0.2, 0.25) is 0 Å². The average molecular weight is 240 g/mol. The fourth-order valence-electron chi connectivity index (χ4n) is 2.17. The molecule has 1 N–H and O–H groups in total. The maximum Gasteiger partial charge on any atom is 0.0711 e. The van der Waals surface area contributed by atoms with E-state index in [0.29, 0.717) is 0 Å². The van der Waals surface area contributed by atoms with Crippen molar-refractivity contribution in [2.75, 3.05) is 6.54 Å². The molecule has 2 nitrogen and oxygen atoms in total. The van der Waals surface area contributed by atoms with Crippen LogP contribution < -0.4 is 5.32 Å². The number of aromatic nitrogens is 1. The summed E-state index contributed by atoms with van der Waals surface area (Å²) in [6.07, 6.45) is 2.98. The topological polar surface area (TPSA) is 24.9 Å². The molecule has 0 amide bonds. The van der Waals surface area contributed by atoms with Crippen molar-refractivity contribution in [1.82, 2.24) is 10.3 Å². The highest BCUT2D eigenvalue weighted by molar-refractivity contribution is 5.84. The lowest BCUT2D eigenvalue weighted by Gasteiger charge is -2.19. The Labute approximate surface area is 109 Å². The van der Waals surface area contributed by atoms with Crippen molar-refractivity contribution in [2.24, 2.45) is 0 Å². The van der Waals surface area contributed by atoms with Gasteiger partial charge in [-0.3, -0.25) is 4.98 Å². The van der Waals surface area contributed by atoms with Crippen LogP contribution in [0.3, 0.4) is 0 Å². The van der Waals surface area contributed by atoms with Crippen LogP contribution in [0.1, 0.15) is 32.0 Å². The molecule has 2 rings (SSSR count). The van der Waals surface area contributed by atoms with Crippen LogP contribution in [0, 0.1) is 0 Å². The van der Waals surface area contributed by atoms with E-state index in [1.54, 1.807) is 0 Å². The summed E-state index contributed by atoms with van der Waals surface area (Å²) in [7, 11) is 0. The Morgan fingerprint density at radius 1 is 1.33 bits per heavy atom. The lowest BCUT2D eigenvalue weighted by molar-refractivity contribution is 0.583. The number of fused-ring (bicyclic) bond motifs is 1. The first-order valence-electron chi connectivity index (χ1n) is 6.46. The van der Waals surface area contributed by atoms with Crippen molar-refractivity contribution in [2.45, 2.75) is 26.3 Å². The molecule has 2 heteroatoms. The zero-order valence-electron chi connectivity index (χ0n) is 11.1. The van der Waals surface area contributed by atoms with E-state index < -0.39 is 0 Å². The molecule has 0 saturated heterocycles. The monoisotopic (exact) mass is 240 g/mol. The van der Waals surface area contributed by atoms with Crippen molar-refractivity contribution < 1.29 is 0 Å². The normalized spacial score (nSPS) is 12.6. The van der Waals surface area contributed by atoms with Crippen molar-refractivity contribution >= 4 is 10.8 Å². The van der Waals surface area contributed by atoms with Gasteiger partial charge in [-0.1, -0.05) is 43.3 Å². The second-order valence-corrected chi connectivity index (χ2v) is 4.65. The molecule has 0 fully saturated rings. The van der Waals surface area contributed by atoms with Crippen LogP contribution in [0.4, 0.5) is 0 Å². The lowest BCUT2D eigenvalue weighted by atomic mass is 10.0. The number of hydrogen-bond acceptors (Lipinski definition) is 2. The highest BCUT2D eigenvalue weighted by Gasteiger charge is 2.15. The predicted octanol–water partition coefficient (Wildman–Crippen LogP) is 3.85. The quantitative estimate of drug-likeness (QED) is 0.803. The van der Waals surface area contributed by atoms with Crippen molar-refractivity contribution in [3.8, 4) is 0 Å². The Morgan fingerprint density at radius 2 is 2.11 bits per heavy atom. The minimum absolute atomic E-state index is 0.135. The van der Waals surface area contributed by atoms with Crippen molar-refractivity contribution in [1.29, 1.82) is 0 Å². The first kappa shape index (κ1) is 12.8. The Morgan fingerprint density at radius 3 is 2.83 bits per heavy atom. The Hall–Kier alpha value is -1.67. The number of nitrogens with zero attached hydrogens (tertiary/aromatic N) is 1. The van der Waals surface area contributed by atoms with Crippen molar-refractivity contribution in [3.63, 3.8) is 0 Å². The summed E-state index contributed by atoms with van der Waals surface area (Å²) in [6.45, 7) is 9.28. The van der Waals surface area contributed by atoms with Gasteiger partial charge in [0.25, 0.3) is 0 Å². The second kappa shape index (κ2) is 5.78. The predicted molar refractivity (Wildman–Crippen MR) is 77.6 cm³/mol. The van der Waals surface area contributed by atoms with Crippen LogP contribution in [0.2, 0.25) is 0 Å². The summed E-state index contributed by atoms with van der Waals surface area (Å²) in [5.41, 5.74) is 2.18. The minimum atomic E-state index is 0.135. The van der Waals surface area contributed by atoms with Crippen LogP contribution in [0.15, 0.2) is 48.7 Å². The summed E-state index contributed by atoms with van der Waals surface area (Å²) < 4.78 is 0. The highest BCUT2D eigenvalue weighted by Crippen LogP contribution is 2.25. The molecule has 0 aliphatic carbocycles. The summed E-state index contributed by atoms with van der Waals surface area (Å²) in [5, 5.41) is 5.95. The number of benzene rings is 1. The van der Waals surface area contributed by atoms with Gasteiger partial charge in [-0.15, -0.1) is 0 Å². The minimum Gasteiger partial charge on any atom is -0.305 e. The summed E-state index contributed by atoms with van der Waals surface area (Å²) in [4.78, 5) is 4.56. The molecular formula is C16H20N2. The zero-order valence-corrected chi connectivity index (χ0v) is 11.1. The first-order valence-corrected chi connectivity index (χ1v) is 6.46. The van der Waals surface area contributed by atoms with E-state index in [0.717, 1.165) is 24.2 Å². The highest BCUT2D eigenvalue weighted by atomic mass is 14.9. The van der Waals surface area contributed by atoms with Gasteiger partial charge in [0, 0.05) is 11.6 Å². The number of hydrogen-bond donors (Lipinski definition) is 1. The summed E-state index contributed by atoms with van der Waals surface area (Å²) >= 11 is 0. The molecule has 1 heterocycles. The van der Waals surface area contributed by atoms with E-state index >= 15 is 0 Å². The SMILES string of the molecule is C=C(C)C(NCCC)c1nccc2ccccc12. The number of pyridine rings is 1. The van der Waals surface area contributed by atoms with E-state index in [-0.39, 0.29) is 6.04 Å². The molecule has 0 aliphatic heterocycles. The van der Waals surface area contributed by atoms with E-state index in [4.69, 9.17) is 0 Å². The molecular weight excluding hydrogens is 220 g/mol. The third-order valence-electron chi connectivity index (χ3n) is 3.07. The standard InChI is InChI=1S/C16H20N2/c1-4-10-17-15(12(2)3)16-14-8-6-5-7-13(14)9-11-18-16/h5-9,11,15,17H,2,4,10H2,1,3H3. The maximum atomic E-state index is 4.56. The second-order valence-electron chi connectivity index (χ2n) is 4.65. The molecule has 18 heavy (non-hydrogen) atoms. The summed E-state index contributed by atoms with van der Waals surface area (Å²) in [6, 6.07) is 10.5. The van der Waals surface area contributed by atoms with Crippen LogP contribution in [-0.2, 0) is 0 Å². The molecule has 1 aromatic carbocycles. The fraction of sp³-hybridized carbons (Fsp3) is 0.312. The van der Waals surface area contributed by atoms with E-state index in [2.05, 4.69) is 55.0 Å². The van der Waals surface area contributed by atoms with Gasteiger partial charge < -0.3 is 5.32 Å². The van der Waals surface area contributed by atoms with Gasteiger partial charge in [0.1, 0.15) is 0 Å². The van der Waals surface area contributed by atoms with E-state index in [9.17, 15) is 0 Å². The Balaban J connectivity index is 2.46.